The molecule has 176 valence electrons. The van der Waals surface area contributed by atoms with Crippen molar-refractivity contribution in [2.75, 3.05) is 6.61 Å². The standard InChI is InChI=1S/C25H20F4N2O2S/c1-2-33-23(32)17-8-11-22-21(13-17)30-24(31(22)14-16-6-4-3-5-7-16)34-15-18-12-19(26)9-10-20(18)25(27,28)29/h3-13H,2,14-15H2,1H3. The average molecular weight is 489 g/mol. The van der Waals surface area contributed by atoms with Crippen molar-refractivity contribution in [2.45, 2.75) is 30.6 Å². The van der Waals surface area contributed by atoms with Gasteiger partial charge < -0.3 is 9.30 Å². The molecule has 0 N–H and O–H groups in total. The summed E-state index contributed by atoms with van der Waals surface area (Å²) in [5.74, 6) is -1.35. The molecule has 3 aromatic carbocycles. The molecule has 0 spiro atoms. The Morgan fingerprint density at radius 1 is 1.06 bits per heavy atom. The SMILES string of the molecule is CCOC(=O)c1ccc2c(c1)nc(SCc1cc(F)ccc1C(F)(F)F)n2Cc1ccccc1. The average Bonchev–Trinajstić information content (AvgIpc) is 3.14. The molecule has 0 fully saturated rings. The zero-order valence-corrected chi connectivity index (χ0v) is 18.9. The number of carbonyl (C=O) groups is 1. The fourth-order valence-electron chi connectivity index (χ4n) is 3.58. The van der Waals surface area contributed by atoms with Crippen LogP contribution in [0, 0.1) is 5.82 Å². The Balaban J connectivity index is 1.73. The molecular weight excluding hydrogens is 468 g/mol. The molecule has 0 unspecified atom stereocenters. The summed E-state index contributed by atoms with van der Waals surface area (Å²) in [4.78, 5) is 16.7. The fraction of sp³-hybridized carbons (Fsp3) is 0.200. The van der Waals surface area contributed by atoms with Crippen molar-refractivity contribution in [3.8, 4) is 0 Å². The van der Waals surface area contributed by atoms with Crippen molar-refractivity contribution in [3.05, 3.63) is 94.8 Å². The maximum absolute atomic E-state index is 13.7. The lowest BCUT2D eigenvalue weighted by atomic mass is 10.1. The molecule has 9 heteroatoms. The lowest BCUT2D eigenvalue weighted by Gasteiger charge is -2.13. The third-order valence-electron chi connectivity index (χ3n) is 5.14. The Bertz CT molecular complexity index is 1320. The van der Waals surface area contributed by atoms with Crippen LogP contribution in [0.25, 0.3) is 11.0 Å². The van der Waals surface area contributed by atoms with E-state index in [0.717, 1.165) is 41.0 Å². The van der Waals surface area contributed by atoms with Gasteiger partial charge in [-0.1, -0.05) is 42.1 Å². The number of rotatable bonds is 7. The summed E-state index contributed by atoms with van der Waals surface area (Å²) >= 11 is 1.08. The van der Waals surface area contributed by atoms with E-state index in [9.17, 15) is 22.4 Å². The second kappa shape index (κ2) is 9.89. The van der Waals surface area contributed by atoms with Crippen LogP contribution < -0.4 is 0 Å². The molecule has 4 nitrogen and oxygen atoms in total. The Kier molecular flexibility index (Phi) is 6.92. The number of ether oxygens (including phenoxy) is 1. The van der Waals surface area contributed by atoms with Gasteiger partial charge >= 0.3 is 12.1 Å². The highest BCUT2D eigenvalue weighted by molar-refractivity contribution is 7.98. The number of fused-ring (bicyclic) bond motifs is 1. The second-order valence-electron chi connectivity index (χ2n) is 7.48. The number of halogens is 4. The van der Waals surface area contributed by atoms with Gasteiger partial charge in [0.25, 0.3) is 0 Å². The molecular formula is C25H20F4N2O2S. The first-order valence-electron chi connectivity index (χ1n) is 10.5. The van der Waals surface area contributed by atoms with E-state index in [-0.39, 0.29) is 17.9 Å². The van der Waals surface area contributed by atoms with Crippen molar-refractivity contribution < 1.29 is 27.1 Å². The zero-order valence-electron chi connectivity index (χ0n) is 18.1. The first-order valence-corrected chi connectivity index (χ1v) is 11.4. The first-order chi connectivity index (χ1) is 16.3. The van der Waals surface area contributed by atoms with Gasteiger partial charge in [-0.05, 0) is 54.4 Å². The molecule has 34 heavy (non-hydrogen) atoms. The van der Waals surface area contributed by atoms with Crippen LogP contribution in [0.1, 0.15) is 34.0 Å². The van der Waals surface area contributed by atoms with Gasteiger partial charge in [-0.3, -0.25) is 0 Å². The number of imidazole rings is 1. The van der Waals surface area contributed by atoms with Crippen molar-refractivity contribution >= 4 is 28.8 Å². The van der Waals surface area contributed by atoms with Gasteiger partial charge in [0.05, 0.1) is 35.3 Å². The normalized spacial score (nSPS) is 11.7. The molecule has 1 aromatic heterocycles. The van der Waals surface area contributed by atoms with Crippen LogP contribution in [0.3, 0.4) is 0 Å². The Morgan fingerprint density at radius 2 is 1.82 bits per heavy atom. The van der Waals surface area contributed by atoms with Gasteiger partial charge in [-0.15, -0.1) is 0 Å². The van der Waals surface area contributed by atoms with E-state index in [0.29, 0.717) is 22.8 Å². The van der Waals surface area contributed by atoms with Gasteiger partial charge in [0.2, 0.25) is 0 Å². The maximum Gasteiger partial charge on any atom is 0.416 e. The highest BCUT2D eigenvalue weighted by atomic mass is 32.2. The minimum absolute atomic E-state index is 0.130. The quantitative estimate of drug-likeness (QED) is 0.165. The summed E-state index contributed by atoms with van der Waals surface area (Å²) < 4.78 is 60.9. The van der Waals surface area contributed by atoms with Gasteiger partial charge in [0.1, 0.15) is 5.82 Å². The summed E-state index contributed by atoms with van der Waals surface area (Å²) in [6.45, 7) is 2.37. The molecule has 0 aliphatic carbocycles. The Morgan fingerprint density at radius 3 is 2.53 bits per heavy atom. The van der Waals surface area contributed by atoms with Crippen LogP contribution >= 0.6 is 11.8 Å². The molecule has 0 saturated heterocycles. The summed E-state index contributed by atoms with van der Waals surface area (Å²) in [6, 6.07) is 17.0. The molecule has 0 bridgehead atoms. The number of carbonyl (C=O) groups excluding carboxylic acids is 1. The van der Waals surface area contributed by atoms with Crippen molar-refractivity contribution in [2.24, 2.45) is 0 Å². The van der Waals surface area contributed by atoms with E-state index in [1.807, 2.05) is 34.9 Å². The summed E-state index contributed by atoms with van der Waals surface area (Å²) in [6.07, 6.45) is -4.59. The molecule has 0 aliphatic heterocycles. The van der Waals surface area contributed by atoms with E-state index >= 15 is 0 Å². The third kappa shape index (κ3) is 5.25. The minimum atomic E-state index is -4.59. The largest absolute Gasteiger partial charge is 0.462 e. The number of nitrogens with zero attached hydrogens (tertiary/aromatic N) is 2. The van der Waals surface area contributed by atoms with Crippen molar-refractivity contribution in [3.63, 3.8) is 0 Å². The molecule has 0 radical (unpaired) electrons. The highest BCUT2D eigenvalue weighted by Crippen LogP contribution is 2.36. The Labute approximate surface area is 197 Å². The Hall–Kier alpha value is -3.33. The number of hydrogen-bond donors (Lipinski definition) is 0. The first kappa shape index (κ1) is 23.8. The van der Waals surface area contributed by atoms with Crippen LogP contribution in [-0.2, 0) is 23.2 Å². The molecule has 0 aliphatic rings. The molecule has 0 atom stereocenters. The topological polar surface area (TPSA) is 44.1 Å². The van der Waals surface area contributed by atoms with Crippen LogP contribution in [0.2, 0.25) is 0 Å². The number of aromatic nitrogens is 2. The molecule has 0 amide bonds. The smallest absolute Gasteiger partial charge is 0.416 e. The molecule has 0 saturated carbocycles. The summed E-state index contributed by atoms with van der Waals surface area (Å²) in [7, 11) is 0. The molecule has 1 heterocycles. The lowest BCUT2D eigenvalue weighted by Crippen LogP contribution is -2.09. The van der Waals surface area contributed by atoms with Gasteiger partial charge in [0.15, 0.2) is 5.16 Å². The second-order valence-corrected chi connectivity index (χ2v) is 8.42. The van der Waals surface area contributed by atoms with E-state index in [4.69, 9.17) is 4.74 Å². The predicted octanol–water partition coefficient (Wildman–Crippen LogP) is 6.71. The number of esters is 1. The lowest BCUT2D eigenvalue weighted by molar-refractivity contribution is -0.138. The van der Waals surface area contributed by atoms with Crippen LogP contribution in [0.4, 0.5) is 17.6 Å². The number of benzene rings is 3. The number of hydrogen-bond acceptors (Lipinski definition) is 4. The highest BCUT2D eigenvalue weighted by Gasteiger charge is 2.33. The van der Waals surface area contributed by atoms with Gasteiger partial charge in [-0.25, -0.2) is 14.2 Å². The van der Waals surface area contributed by atoms with Crippen LogP contribution in [-0.4, -0.2) is 22.1 Å². The van der Waals surface area contributed by atoms with Crippen LogP contribution in [0.15, 0.2) is 71.9 Å². The summed E-state index contributed by atoms with van der Waals surface area (Å²) in [5.41, 5.74) is 1.49. The van der Waals surface area contributed by atoms with Gasteiger partial charge in [-0.2, -0.15) is 13.2 Å². The monoisotopic (exact) mass is 488 g/mol. The van der Waals surface area contributed by atoms with Crippen molar-refractivity contribution in [1.29, 1.82) is 0 Å². The fourth-order valence-corrected chi connectivity index (χ4v) is 4.58. The summed E-state index contributed by atoms with van der Waals surface area (Å²) in [5, 5.41) is 0.456. The zero-order chi connectivity index (χ0) is 24.3. The van der Waals surface area contributed by atoms with E-state index in [1.165, 1.54) is 0 Å². The van der Waals surface area contributed by atoms with E-state index in [1.54, 1.807) is 25.1 Å². The van der Waals surface area contributed by atoms with Crippen LogP contribution in [0.5, 0.6) is 0 Å². The van der Waals surface area contributed by atoms with E-state index in [2.05, 4.69) is 4.98 Å². The molecule has 4 rings (SSSR count). The molecule has 4 aromatic rings. The van der Waals surface area contributed by atoms with Crippen molar-refractivity contribution in [1.82, 2.24) is 9.55 Å². The third-order valence-corrected chi connectivity index (χ3v) is 6.16. The predicted molar refractivity (Wildman–Crippen MR) is 122 cm³/mol. The maximum atomic E-state index is 13.7. The van der Waals surface area contributed by atoms with Gasteiger partial charge in [0, 0.05) is 5.75 Å². The van der Waals surface area contributed by atoms with E-state index < -0.39 is 23.5 Å². The number of alkyl halides is 3. The number of thioether (sulfide) groups is 1. The minimum Gasteiger partial charge on any atom is -0.462 e.